The summed E-state index contributed by atoms with van der Waals surface area (Å²) in [5.41, 5.74) is 2.08. The Morgan fingerprint density at radius 2 is 2.12 bits per heavy atom. The van der Waals surface area contributed by atoms with E-state index in [0.29, 0.717) is 24.1 Å². The van der Waals surface area contributed by atoms with E-state index in [4.69, 9.17) is 0 Å². The van der Waals surface area contributed by atoms with Crippen LogP contribution in [0.5, 0.6) is 0 Å². The lowest BCUT2D eigenvalue weighted by Crippen LogP contribution is -2.35. The van der Waals surface area contributed by atoms with Crippen LogP contribution in [0.15, 0.2) is 18.2 Å². The van der Waals surface area contributed by atoms with Gasteiger partial charge in [0, 0.05) is 19.0 Å². The average Bonchev–Trinajstić information content (AvgIpc) is 3.25. The van der Waals surface area contributed by atoms with Gasteiger partial charge in [-0.25, -0.2) is 4.98 Å². The number of amides is 2. The van der Waals surface area contributed by atoms with Crippen LogP contribution in [-0.4, -0.2) is 34.3 Å². The van der Waals surface area contributed by atoms with Crippen molar-refractivity contribution in [2.75, 3.05) is 11.9 Å². The predicted molar refractivity (Wildman–Crippen MR) is 95.1 cm³/mol. The third-order valence-corrected chi connectivity index (χ3v) is 6.00. The number of carbonyl (C=O) groups excluding carboxylic acids is 2. The van der Waals surface area contributed by atoms with Crippen LogP contribution in [0.3, 0.4) is 0 Å². The van der Waals surface area contributed by atoms with E-state index in [9.17, 15) is 9.59 Å². The van der Waals surface area contributed by atoms with Crippen LogP contribution >= 0.6 is 11.3 Å². The Kier molecular flexibility index (Phi) is 4.00. The molecular formula is C18H21N3O2S. The Hall–Kier alpha value is -1.95. The molecule has 2 fully saturated rings. The number of benzene rings is 1. The largest absolute Gasteiger partial charge is 0.339 e. The molecule has 1 saturated carbocycles. The van der Waals surface area contributed by atoms with Crippen molar-refractivity contribution < 1.29 is 9.59 Å². The number of fused-ring (bicyclic) bond motifs is 1. The lowest BCUT2D eigenvalue weighted by Gasteiger charge is -2.23. The van der Waals surface area contributed by atoms with Gasteiger partial charge in [-0.15, -0.1) is 0 Å². The molecule has 1 N–H and O–H groups in total. The summed E-state index contributed by atoms with van der Waals surface area (Å²) in [5, 5.41) is 3.53. The van der Waals surface area contributed by atoms with Crippen molar-refractivity contribution in [3.63, 3.8) is 0 Å². The van der Waals surface area contributed by atoms with Crippen LogP contribution in [0, 0.1) is 12.8 Å². The highest BCUT2D eigenvalue weighted by Crippen LogP contribution is 2.31. The topological polar surface area (TPSA) is 62.3 Å². The zero-order valence-corrected chi connectivity index (χ0v) is 14.6. The first-order valence-electron chi connectivity index (χ1n) is 8.57. The van der Waals surface area contributed by atoms with Gasteiger partial charge < -0.3 is 10.2 Å². The molecule has 1 saturated heterocycles. The smallest absolute Gasteiger partial charge is 0.231 e. The first kappa shape index (κ1) is 15.6. The number of carbonyl (C=O) groups is 2. The minimum atomic E-state index is -0.258. The van der Waals surface area contributed by atoms with E-state index in [1.807, 2.05) is 24.0 Å². The lowest BCUT2D eigenvalue weighted by molar-refractivity contribution is -0.129. The number of aromatic nitrogens is 1. The fourth-order valence-corrected chi connectivity index (χ4v) is 4.74. The number of rotatable bonds is 3. The molecule has 2 heterocycles. The van der Waals surface area contributed by atoms with Gasteiger partial charge in [0.2, 0.25) is 11.8 Å². The maximum atomic E-state index is 12.5. The normalized spacial score (nSPS) is 21.8. The molecule has 6 heteroatoms. The van der Waals surface area contributed by atoms with Gasteiger partial charge in [-0.3, -0.25) is 9.59 Å². The van der Waals surface area contributed by atoms with Crippen LogP contribution in [0.4, 0.5) is 5.13 Å². The van der Waals surface area contributed by atoms with Gasteiger partial charge in [-0.1, -0.05) is 30.2 Å². The molecule has 2 amide bonds. The summed E-state index contributed by atoms with van der Waals surface area (Å²) in [7, 11) is 0. The molecule has 0 spiro atoms. The van der Waals surface area contributed by atoms with Crippen molar-refractivity contribution in [3.05, 3.63) is 23.8 Å². The molecule has 4 rings (SSSR count). The fourth-order valence-electron chi connectivity index (χ4n) is 3.77. The Morgan fingerprint density at radius 3 is 2.92 bits per heavy atom. The number of nitrogens with zero attached hydrogens (tertiary/aromatic N) is 2. The van der Waals surface area contributed by atoms with E-state index in [1.165, 1.54) is 29.7 Å². The molecule has 0 radical (unpaired) electrons. The van der Waals surface area contributed by atoms with E-state index in [2.05, 4.69) is 16.4 Å². The van der Waals surface area contributed by atoms with Crippen molar-refractivity contribution >= 4 is 38.5 Å². The van der Waals surface area contributed by atoms with Gasteiger partial charge in [-0.05, 0) is 37.5 Å². The maximum Gasteiger partial charge on any atom is 0.231 e. The van der Waals surface area contributed by atoms with Gasteiger partial charge in [0.05, 0.1) is 16.1 Å². The first-order valence-corrected chi connectivity index (χ1v) is 9.39. The average molecular weight is 343 g/mol. The highest BCUT2D eigenvalue weighted by Gasteiger charge is 2.38. The van der Waals surface area contributed by atoms with Crippen molar-refractivity contribution in [3.8, 4) is 0 Å². The number of nitrogens with one attached hydrogen (secondary N) is 1. The molecule has 126 valence electrons. The summed E-state index contributed by atoms with van der Waals surface area (Å²) in [5.74, 6) is -0.214. The van der Waals surface area contributed by atoms with Crippen molar-refractivity contribution in [1.82, 2.24) is 9.88 Å². The zero-order chi connectivity index (χ0) is 16.7. The molecular weight excluding hydrogens is 322 g/mol. The monoisotopic (exact) mass is 343 g/mol. The first-order chi connectivity index (χ1) is 11.6. The number of thiazole rings is 1. The number of aryl methyl sites for hydroxylation is 1. The summed E-state index contributed by atoms with van der Waals surface area (Å²) < 4.78 is 1.07. The van der Waals surface area contributed by atoms with Gasteiger partial charge >= 0.3 is 0 Å². The van der Waals surface area contributed by atoms with Gasteiger partial charge in [0.1, 0.15) is 0 Å². The molecule has 0 unspecified atom stereocenters. The molecule has 24 heavy (non-hydrogen) atoms. The second-order valence-electron chi connectivity index (χ2n) is 6.86. The highest BCUT2D eigenvalue weighted by atomic mass is 32.1. The van der Waals surface area contributed by atoms with Crippen LogP contribution < -0.4 is 5.32 Å². The molecule has 1 aliphatic carbocycles. The van der Waals surface area contributed by atoms with Crippen LogP contribution in [0.1, 0.15) is 37.7 Å². The summed E-state index contributed by atoms with van der Waals surface area (Å²) >= 11 is 1.48. The predicted octanol–water partition coefficient (Wildman–Crippen LogP) is 3.33. The molecule has 2 aromatic rings. The van der Waals surface area contributed by atoms with E-state index < -0.39 is 0 Å². The van der Waals surface area contributed by atoms with Gasteiger partial charge in [0.15, 0.2) is 5.13 Å². The van der Waals surface area contributed by atoms with Crippen LogP contribution in [0.25, 0.3) is 10.2 Å². The number of likely N-dealkylation sites (tertiary alicyclic amines) is 1. The van der Waals surface area contributed by atoms with Crippen LogP contribution in [0.2, 0.25) is 0 Å². The minimum Gasteiger partial charge on any atom is -0.339 e. The Labute approximate surface area is 145 Å². The second kappa shape index (κ2) is 6.16. The standard InChI is InChI=1S/C18H21N3O2S/c1-11-6-7-14-15(8-11)24-18(19-14)20-17(23)12-9-16(22)21(10-12)13-4-2-3-5-13/h6-8,12-13H,2-5,9-10H2,1H3,(H,19,20,23)/t12-/m0/s1. The van der Waals surface area contributed by atoms with E-state index in [-0.39, 0.29) is 17.7 Å². The van der Waals surface area contributed by atoms with E-state index in [1.54, 1.807) is 0 Å². The third kappa shape index (κ3) is 2.90. The van der Waals surface area contributed by atoms with E-state index in [0.717, 1.165) is 23.1 Å². The number of hydrogen-bond donors (Lipinski definition) is 1. The quantitative estimate of drug-likeness (QED) is 0.930. The molecule has 0 bridgehead atoms. The highest BCUT2D eigenvalue weighted by molar-refractivity contribution is 7.22. The fraction of sp³-hybridized carbons (Fsp3) is 0.500. The lowest BCUT2D eigenvalue weighted by atomic mass is 10.1. The third-order valence-electron chi connectivity index (χ3n) is 5.07. The summed E-state index contributed by atoms with van der Waals surface area (Å²) in [6.07, 6.45) is 4.87. The Bertz CT molecular complexity index is 795. The number of hydrogen-bond acceptors (Lipinski definition) is 4. The molecule has 5 nitrogen and oxygen atoms in total. The second-order valence-corrected chi connectivity index (χ2v) is 7.90. The molecule has 1 aromatic heterocycles. The van der Waals surface area contributed by atoms with E-state index >= 15 is 0 Å². The minimum absolute atomic E-state index is 0.0837. The number of anilines is 1. The maximum absolute atomic E-state index is 12.5. The molecule has 1 aliphatic heterocycles. The summed E-state index contributed by atoms with van der Waals surface area (Å²) in [4.78, 5) is 31.2. The van der Waals surface area contributed by atoms with Crippen LogP contribution in [-0.2, 0) is 9.59 Å². The SMILES string of the molecule is Cc1ccc2nc(NC(=O)[C@H]3CC(=O)N(C4CCCC4)C3)sc2c1. The summed E-state index contributed by atoms with van der Waals surface area (Å²) in [6, 6.07) is 6.41. The zero-order valence-electron chi connectivity index (χ0n) is 13.7. The van der Waals surface area contributed by atoms with Crippen molar-refractivity contribution in [2.45, 2.75) is 45.1 Å². The Morgan fingerprint density at radius 1 is 1.33 bits per heavy atom. The van der Waals surface area contributed by atoms with Gasteiger partial charge in [0.25, 0.3) is 0 Å². The summed E-state index contributed by atoms with van der Waals surface area (Å²) in [6.45, 7) is 2.60. The molecule has 2 aliphatic rings. The molecule has 1 atom stereocenters. The van der Waals surface area contributed by atoms with Gasteiger partial charge in [-0.2, -0.15) is 0 Å². The van der Waals surface area contributed by atoms with Crippen molar-refractivity contribution in [1.29, 1.82) is 0 Å². The Balaban J connectivity index is 1.44. The molecule has 1 aromatic carbocycles. The van der Waals surface area contributed by atoms with Crippen molar-refractivity contribution in [2.24, 2.45) is 5.92 Å².